The Labute approximate surface area is 406 Å². The summed E-state index contributed by atoms with van der Waals surface area (Å²) in [5.74, 6) is 0. The second-order valence-corrected chi connectivity index (χ2v) is 18.4. The number of rotatable bonds is 8. The normalized spacial score (nSPS) is 12.7. The minimum atomic E-state index is -0.540. The summed E-state index contributed by atoms with van der Waals surface area (Å²) in [6.07, 6.45) is 0. The molecule has 0 aliphatic heterocycles. The number of para-hydroxylation sites is 5. The average molecular weight is 893 g/mol. The van der Waals surface area contributed by atoms with Gasteiger partial charge in [-0.2, -0.15) is 0 Å². The summed E-state index contributed by atoms with van der Waals surface area (Å²) in [5.41, 5.74) is 20.0. The summed E-state index contributed by atoms with van der Waals surface area (Å²) in [6.45, 7) is 0. The van der Waals surface area contributed by atoms with E-state index in [2.05, 4.69) is 270 Å². The molecule has 0 fully saturated rings. The van der Waals surface area contributed by atoms with Crippen LogP contribution in [-0.2, 0) is 5.41 Å². The Kier molecular flexibility index (Phi) is 9.11. The molecule has 328 valence electrons. The molecule has 2 heterocycles. The van der Waals surface area contributed by atoms with Gasteiger partial charge in [-0.25, -0.2) is 0 Å². The molecule has 0 unspecified atom stereocenters. The van der Waals surface area contributed by atoms with Gasteiger partial charge in [-0.3, -0.25) is 0 Å². The zero-order valence-electron chi connectivity index (χ0n) is 38.2. The van der Waals surface area contributed by atoms with Crippen molar-refractivity contribution in [3.05, 3.63) is 289 Å². The first-order valence-corrected chi connectivity index (χ1v) is 24.1. The van der Waals surface area contributed by atoms with Gasteiger partial charge in [-0.1, -0.05) is 212 Å². The van der Waals surface area contributed by atoms with E-state index in [1.165, 1.54) is 66.3 Å². The number of hydrogen-bond donors (Lipinski definition) is 0. The minimum Gasteiger partial charge on any atom is -0.454 e. The van der Waals surface area contributed by atoms with Gasteiger partial charge in [0, 0.05) is 38.5 Å². The monoisotopic (exact) mass is 892 g/mol. The molecule has 0 atom stereocenters. The highest BCUT2D eigenvalue weighted by atomic mass is 16.3. The molecule has 13 aromatic rings. The van der Waals surface area contributed by atoms with Crippen molar-refractivity contribution in [3.63, 3.8) is 0 Å². The maximum absolute atomic E-state index is 6.80. The third kappa shape index (κ3) is 6.01. The van der Waals surface area contributed by atoms with E-state index in [1.807, 2.05) is 6.07 Å². The SMILES string of the molecule is c1ccc(C2(c3ccccc3)c3ccccc3-c3ccc(N(c4ccc(-c5ccc(-c6ccccc6-n6c7ccccc7c7ccccc76)cc5)cc4)c4cccc5c4oc4ccccc45)cc32)cc1. The standard InChI is InChI=1S/C67H44N2O/c1-3-18-48(19-4-1)67(49-20-5-2-6-21-49)59-28-12-7-23-53(59)54-43-42-51(44-60(54)67)68(64-32-17-27-58-57-26-11-16-33-65(57)70-66(58)64)50-40-38-46(39-41-50)45-34-36-47(37-35-45)52-22-8-13-29-61(52)69-62-30-14-9-24-55(62)56-25-10-15-31-63(56)69/h1-44H. The summed E-state index contributed by atoms with van der Waals surface area (Å²) in [4.78, 5) is 2.38. The fraction of sp³-hybridized carbons (Fsp3) is 0.0149. The molecule has 0 bridgehead atoms. The average Bonchev–Trinajstić information content (AvgIpc) is 4.09. The van der Waals surface area contributed by atoms with Crippen molar-refractivity contribution >= 4 is 60.8 Å². The quantitative estimate of drug-likeness (QED) is 0.152. The van der Waals surface area contributed by atoms with Crippen LogP contribution in [0.2, 0.25) is 0 Å². The van der Waals surface area contributed by atoms with Gasteiger partial charge in [0.05, 0.1) is 27.8 Å². The predicted octanol–water partition coefficient (Wildman–Crippen LogP) is 17.8. The molecule has 1 aliphatic carbocycles. The molecule has 11 aromatic carbocycles. The number of fused-ring (bicyclic) bond motifs is 9. The number of furan rings is 1. The minimum absolute atomic E-state index is 0.540. The maximum Gasteiger partial charge on any atom is 0.159 e. The van der Waals surface area contributed by atoms with Gasteiger partial charge in [-0.05, 0) is 105 Å². The molecule has 1 aliphatic rings. The molecule has 70 heavy (non-hydrogen) atoms. The van der Waals surface area contributed by atoms with Crippen LogP contribution >= 0.6 is 0 Å². The van der Waals surface area contributed by atoms with Crippen LogP contribution in [0.4, 0.5) is 17.1 Å². The van der Waals surface area contributed by atoms with Crippen molar-refractivity contribution in [3.8, 4) is 39.1 Å². The molecule has 0 saturated carbocycles. The Morgan fingerprint density at radius 1 is 0.343 bits per heavy atom. The van der Waals surface area contributed by atoms with Crippen LogP contribution in [0.15, 0.2) is 271 Å². The van der Waals surface area contributed by atoms with Gasteiger partial charge in [0.1, 0.15) is 5.58 Å². The highest BCUT2D eigenvalue weighted by molar-refractivity contribution is 6.11. The van der Waals surface area contributed by atoms with Crippen molar-refractivity contribution < 1.29 is 4.42 Å². The molecule has 3 heteroatoms. The molecule has 0 N–H and O–H groups in total. The lowest BCUT2D eigenvalue weighted by Gasteiger charge is -2.35. The first-order chi connectivity index (χ1) is 34.7. The van der Waals surface area contributed by atoms with Gasteiger partial charge in [0.2, 0.25) is 0 Å². The Morgan fingerprint density at radius 3 is 1.56 bits per heavy atom. The van der Waals surface area contributed by atoms with Crippen molar-refractivity contribution in [1.82, 2.24) is 4.57 Å². The number of aromatic nitrogens is 1. The Hall–Kier alpha value is -9.18. The highest BCUT2D eigenvalue weighted by Crippen LogP contribution is 2.57. The molecule has 0 amide bonds. The number of hydrogen-bond acceptors (Lipinski definition) is 2. The van der Waals surface area contributed by atoms with Gasteiger partial charge in [0.25, 0.3) is 0 Å². The molecular formula is C67H44N2O. The second-order valence-electron chi connectivity index (χ2n) is 18.4. The third-order valence-corrected chi connectivity index (χ3v) is 14.7. The van der Waals surface area contributed by atoms with E-state index in [-0.39, 0.29) is 0 Å². The number of anilines is 3. The Morgan fingerprint density at radius 2 is 0.857 bits per heavy atom. The van der Waals surface area contributed by atoms with Gasteiger partial charge in [-0.15, -0.1) is 0 Å². The second kappa shape index (κ2) is 16.0. The Balaban J connectivity index is 0.900. The molecule has 3 nitrogen and oxygen atoms in total. The van der Waals surface area contributed by atoms with E-state index in [1.54, 1.807) is 0 Å². The molecule has 2 aromatic heterocycles. The van der Waals surface area contributed by atoms with E-state index < -0.39 is 5.41 Å². The highest BCUT2D eigenvalue weighted by Gasteiger charge is 2.46. The smallest absolute Gasteiger partial charge is 0.159 e. The zero-order valence-corrected chi connectivity index (χ0v) is 38.2. The summed E-state index contributed by atoms with van der Waals surface area (Å²) < 4.78 is 9.21. The topological polar surface area (TPSA) is 21.3 Å². The third-order valence-electron chi connectivity index (χ3n) is 14.7. The molecule has 0 spiro atoms. The number of benzene rings is 11. The van der Waals surface area contributed by atoms with Crippen molar-refractivity contribution in [2.45, 2.75) is 5.41 Å². The fourth-order valence-electron chi connectivity index (χ4n) is 11.6. The molecule has 0 saturated heterocycles. The van der Waals surface area contributed by atoms with Crippen LogP contribution in [0.5, 0.6) is 0 Å². The molecule has 0 radical (unpaired) electrons. The molecule has 14 rings (SSSR count). The van der Waals surface area contributed by atoms with E-state index in [4.69, 9.17) is 4.42 Å². The maximum atomic E-state index is 6.80. The van der Waals surface area contributed by atoms with Crippen LogP contribution in [0.3, 0.4) is 0 Å². The largest absolute Gasteiger partial charge is 0.454 e. The van der Waals surface area contributed by atoms with Crippen LogP contribution in [-0.4, -0.2) is 4.57 Å². The van der Waals surface area contributed by atoms with Crippen LogP contribution < -0.4 is 4.90 Å². The zero-order chi connectivity index (χ0) is 46.2. The van der Waals surface area contributed by atoms with E-state index in [0.29, 0.717) is 0 Å². The Bertz CT molecular complexity index is 4020. The lowest BCUT2D eigenvalue weighted by molar-refractivity contribution is 0.669. The van der Waals surface area contributed by atoms with E-state index >= 15 is 0 Å². The van der Waals surface area contributed by atoms with Gasteiger partial charge < -0.3 is 13.9 Å². The van der Waals surface area contributed by atoms with E-state index in [9.17, 15) is 0 Å². The summed E-state index contributed by atoms with van der Waals surface area (Å²) >= 11 is 0. The lowest BCUT2D eigenvalue weighted by atomic mass is 9.67. The first kappa shape index (κ1) is 39.9. The van der Waals surface area contributed by atoms with Gasteiger partial charge >= 0.3 is 0 Å². The molecular weight excluding hydrogens is 849 g/mol. The lowest BCUT2D eigenvalue weighted by Crippen LogP contribution is -2.28. The van der Waals surface area contributed by atoms with Crippen molar-refractivity contribution in [2.75, 3.05) is 4.90 Å². The van der Waals surface area contributed by atoms with Crippen molar-refractivity contribution in [2.24, 2.45) is 0 Å². The summed E-state index contributed by atoms with van der Waals surface area (Å²) in [7, 11) is 0. The van der Waals surface area contributed by atoms with Crippen LogP contribution in [0.25, 0.3) is 82.8 Å². The van der Waals surface area contributed by atoms with Crippen LogP contribution in [0.1, 0.15) is 22.3 Å². The first-order valence-electron chi connectivity index (χ1n) is 24.1. The van der Waals surface area contributed by atoms with Crippen molar-refractivity contribution in [1.29, 1.82) is 0 Å². The fourth-order valence-corrected chi connectivity index (χ4v) is 11.6. The van der Waals surface area contributed by atoms with Gasteiger partial charge in [0.15, 0.2) is 5.58 Å². The number of nitrogens with zero attached hydrogens (tertiary/aromatic N) is 2. The van der Waals surface area contributed by atoms with E-state index in [0.717, 1.165) is 55.8 Å². The summed E-state index contributed by atoms with van der Waals surface area (Å²) in [5, 5.41) is 4.71. The summed E-state index contributed by atoms with van der Waals surface area (Å²) in [6, 6.07) is 97.1. The predicted molar refractivity (Wildman–Crippen MR) is 291 cm³/mol. The van der Waals surface area contributed by atoms with Crippen LogP contribution in [0, 0.1) is 0 Å².